The Kier molecular flexibility index (Phi) is 3.87. The van der Waals surface area contributed by atoms with Crippen molar-refractivity contribution in [3.05, 3.63) is 48.2 Å². The van der Waals surface area contributed by atoms with Crippen molar-refractivity contribution in [2.24, 2.45) is 0 Å². The van der Waals surface area contributed by atoms with E-state index < -0.39 is 11.7 Å². The first kappa shape index (κ1) is 15.0. The number of pyridine rings is 1. The molecule has 0 spiro atoms. The van der Waals surface area contributed by atoms with Gasteiger partial charge in [-0.2, -0.15) is 13.2 Å². The Morgan fingerprint density at radius 1 is 1.18 bits per heavy atom. The van der Waals surface area contributed by atoms with E-state index in [1.54, 1.807) is 24.0 Å². The first-order valence-corrected chi connectivity index (χ1v) is 7.75. The molecule has 0 saturated heterocycles. The molecule has 0 saturated carbocycles. The van der Waals surface area contributed by atoms with Crippen LogP contribution in [-0.4, -0.2) is 15.7 Å². The summed E-state index contributed by atoms with van der Waals surface area (Å²) >= 11 is 1.65. The lowest BCUT2D eigenvalue weighted by molar-refractivity contribution is -0.137. The van der Waals surface area contributed by atoms with Crippen LogP contribution in [0.3, 0.4) is 0 Å². The number of aromatic amines is 1. The van der Waals surface area contributed by atoms with E-state index in [0.29, 0.717) is 10.9 Å². The Morgan fingerprint density at radius 2 is 2.00 bits per heavy atom. The van der Waals surface area contributed by atoms with Crippen LogP contribution in [0.2, 0.25) is 0 Å². The summed E-state index contributed by atoms with van der Waals surface area (Å²) in [5, 5.41) is 0.530. The molecule has 6 heteroatoms. The second-order valence-corrected chi connectivity index (χ2v) is 6.07. The molecule has 3 rings (SSSR count). The van der Waals surface area contributed by atoms with Gasteiger partial charge in [0.25, 0.3) is 0 Å². The van der Waals surface area contributed by atoms with E-state index in [2.05, 4.69) is 9.97 Å². The van der Waals surface area contributed by atoms with E-state index in [1.165, 1.54) is 6.07 Å². The van der Waals surface area contributed by atoms with Crippen molar-refractivity contribution in [1.82, 2.24) is 9.97 Å². The average Bonchev–Trinajstić information content (AvgIpc) is 2.90. The fraction of sp³-hybridized carbons (Fsp3) is 0.188. The lowest BCUT2D eigenvalue weighted by Gasteiger charge is -2.05. The Morgan fingerprint density at radius 3 is 2.73 bits per heavy atom. The molecule has 0 unspecified atom stereocenters. The number of benzene rings is 1. The zero-order chi connectivity index (χ0) is 15.7. The van der Waals surface area contributed by atoms with Crippen LogP contribution in [0.5, 0.6) is 0 Å². The highest BCUT2D eigenvalue weighted by Gasteiger charge is 2.30. The van der Waals surface area contributed by atoms with E-state index in [0.717, 1.165) is 34.2 Å². The maximum atomic E-state index is 12.8. The van der Waals surface area contributed by atoms with Gasteiger partial charge in [-0.05, 0) is 42.2 Å². The van der Waals surface area contributed by atoms with Gasteiger partial charge in [0.2, 0.25) is 0 Å². The Labute approximate surface area is 129 Å². The number of halogens is 3. The minimum Gasteiger partial charge on any atom is -0.353 e. The van der Waals surface area contributed by atoms with Gasteiger partial charge in [-0.15, -0.1) is 11.8 Å². The second kappa shape index (κ2) is 5.68. The Balaban J connectivity index is 2.09. The van der Waals surface area contributed by atoms with Crippen molar-refractivity contribution in [2.45, 2.75) is 18.0 Å². The summed E-state index contributed by atoms with van der Waals surface area (Å²) in [6.07, 6.45) is -2.65. The van der Waals surface area contributed by atoms with Crippen LogP contribution in [0.15, 0.2) is 47.5 Å². The lowest BCUT2D eigenvalue weighted by atomic mass is 10.1. The van der Waals surface area contributed by atoms with Gasteiger partial charge in [0.15, 0.2) is 0 Å². The van der Waals surface area contributed by atoms with Gasteiger partial charge in [0.05, 0.1) is 17.0 Å². The third kappa shape index (κ3) is 2.83. The van der Waals surface area contributed by atoms with Crippen molar-refractivity contribution in [3.8, 4) is 11.4 Å². The maximum absolute atomic E-state index is 12.8. The lowest BCUT2D eigenvalue weighted by Crippen LogP contribution is -2.03. The summed E-state index contributed by atoms with van der Waals surface area (Å²) in [7, 11) is 0. The van der Waals surface area contributed by atoms with E-state index >= 15 is 0 Å². The number of fused-ring (bicyclic) bond motifs is 1. The van der Waals surface area contributed by atoms with Gasteiger partial charge < -0.3 is 4.98 Å². The van der Waals surface area contributed by atoms with Crippen LogP contribution in [0, 0.1) is 0 Å². The molecule has 114 valence electrons. The number of nitrogens with zero attached hydrogens (tertiary/aromatic N) is 1. The molecule has 0 aliphatic rings. The molecule has 2 aromatic heterocycles. The van der Waals surface area contributed by atoms with Crippen molar-refractivity contribution < 1.29 is 13.2 Å². The highest BCUT2D eigenvalue weighted by Crippen LogP contribution is 2.34. The van der Waals surface area contributed by atoms with E-state index in [9.17, 15) is 13.2 Å². The molecule has 0 radical (unpaired) electrons. The van der Waals surface area contributed by atoms with Gasteiger partial charge in [-0.3, -0.25) is 4.98 Å². The Bertz CT molecular complexity index is 809. The fourth-order valence-electron chi connectivity index (χ4n) is 2.30. The molecular weight excluding hydrogens is 309 g/mol. The van der Waals surface area contributed by atoms with Crippen molar-refractivity contribution in [1.29, 1.82) is 0 Å². The van der Waals surface area contributed by atoms with Crippen LogP contribution in [0.1, 0.15) is 12.5 Å². The highest BCUT2D eigenvalue weighted by molar-refractivity contribution is 7.99. The molecule has 0 amide bonds. The molecular formula is C16H13F3N2S. The summed E-state index contributed by atoms with van der Waals surface area (Å²) in [5.41, 5.74) is 1.51. The van der Waals surface area contributed by atoms with Crippen LogP contribution >= 0.6 is 11.8 Å². The number of thioether (sulfide) groups is 1. The van der Waals surface area contributed by atoms with E-state index in [-0.39, 0.29) is 0 Å². The molecule has 1 aromatic carbocycles. The molecule has 1 N–H and O–H groups in total. The minimum atomic E-state index is -4.33. The Hall–Kier alpha value is -1.95. The maximum Gasteiger partial charge on any atom is 0.416 e. The molecule has 3 aromatic rings. The largest absolute Gasteiger partial charge is 0.416 e. The zero-order valence-electron chi connectivity index (χ0n) is 11.7. The topological polar surface area (TPSA) is 28.7 Å². The molecule has 0 fully saturated rings. The van der Waals surface area contributed by atoms with Crippen molar-refractivity contribution in [3.63, 3.8) is 0 Å². The van der Waals surface area contributed by atoms with Crippen LogP contribution in [0.25, 0.3) is 22.3 Å². The third-order valence-electron chi connectivity index (χ3n) is 3.27. The molecule has 2 heterocycles. The number of nitrogens with one attached hydrogen (secondary N) is 1. The number of aromatic nitrogens is 2. The van der Waals surface area contributed by atoms with Gasteiger partial charge in [0, 0.05) is 22.0 Å². The van der Waals surface area contributed by atoms with Crippen LogP contribution < -0.4 is 0 Å². The third-order valence-corrected chi connectivity index (χ3v) is 4.20. The molecule has 0 aliphatic carbocycles. The van der Waals surface area contributed by atoms with Crippen molar-refractivity contribution in [2.75, 3.05) is 5.75 Å². The quantitative estimate of drug-likeness (QED) is 0.658. The highest BCUT2D eigenvalue weighted by atomic mass is 32.2. The van der Waals surface area contributed by atoms with Gasteiger partial charge in [-0.25, -0.2) is 0 Å². The predicted octanol–water partition coefficient (Wildman–Crippen LogP) is 5.36. The molecule has 22 heavy (non-hydrogen) atoms. The SMILES string of the molecule is CCSc1cccnc1-c1cc2cc(C(F)(F)F)ccc2[nH]1. The number of H-pyrrole nitrogens is 1. The summed E-state index contributed by atoms with van der Waals surface area (Å²) in [6, 6.07) is 9.23. The normalized spacial score (nSPS) is 12.0. The number of hydrogen-bond donors (Lipinski definition) is 1. The molecule has 0 bridgehead atoms. The monoisotopic (exact) mass is 322 g/mol. The molecule has 0 aliphatic heterocycles. The minimum absolute atomic E-state index is 0.530. The average molecular weight is 322 g/mol. The number of alkyl halides is 3. The molecule has 0 atom stereocenters. The molecule has 2 nitrogen and oxygen atoms in total. The second-order valence-electron chi connectivity index (χ2n) is 4.77. The van der Waals surface area contributed by atoms with Crippen molar-refractivity contribution >= 4 is 22.7 Å². The predicted molar refractivity (Wildman–Crippen MR) is 82.9 cm³/mol. The van der Waals surface area contributed by atoms with Gasteiger partial charge >= 0.3 is 6.18 Å². The first-order valence-electron chi connectivity index (χ1n) is 6.77. The van der Waals surface area contributed by atoms with E-state index in [1.807, 2.05) is 19.1 Å². The van der Waals surface area contributed by atoms with E-state index in [4.69, 9.17) is 0 Å². The number of hydrogen-bond acceptors (Lipinski definition) is 2. The smallest absolute Gasteiger partial charge is 0.353 e. The fourth-order valence-corrected chi connectivity index (χ4v) is 3.09. The standard InChI is InChI=1S/C16H13F3N2S/c1-2-22-14-4-3-7-20-15(14)13-9-10-8-11(16(17,18)19)5-6-12(10)21-13/h3-9,21H,2H2,1H3. The zero-order valence-corrected chi connectivity index (χ0v) is 12.6. The van der Waals surface area contributed by atoms with Gasteiger partial charge in [-0.1, -0.05) is 6.92 Å². The van der Waals surface area contributed by atoms with Crippen LogP contribution in [-0.2, 0) is 6.18 Å². The summed E-state index contributed by atoms with van der Waals surface area (Å²) in [4.78, 5) is 8.51. The van der Waals surface area contributed by atoms with Gasteiger partial charge in [0.1, 0.15) is 0 Å². The summed E-state index contributed by atoms with van der Waals surface area (Å²) in [5.74, 6) is 0.900. The first-order chi connectivity index (χ1) is 10.5. The number of rotatable bonds is 3. The summed E-state index contributed by atoms with van der Waals surface area (Å²) in [6.45, 7) is 2.04. The summed E-state index contributed by atoms with van der Waals surface area (Å²) < 4.78 is 38.4. The van der Waals surface area contributed by atoms with Crippen LogP contribution in [0.4, 0.5) is 13.2 Å².